The second kappa shape index (κ2) is 6.85. The highest BCUT2D eigenvalue weighted by Gasteiger charge is 2.71. The number of amides is 3. The summed E-state index contributed by atoms with van der Waals surface area (Å²) in [6, 6.07) is 3.00. The van der Waals surface area contributed by atoms with Gasteiger partial charge in [-0.3, -0.25) is 24.6 Å². The summed E-state index contributed by atoms with van der Waals surface area (Å²) in [4.78, 5) is 41.8. The van der Waals surface area contributed by atoms with Gasteiger partial charge in [0.1, 0.15) is 11.4 Å². The second-order valence-electron chi connectivity index (χ2n) is 9.06. The summed E-state index contributed by atoms with van der Waals surface area (Å²) in [5, 5.41) is 16.3. The Morgan fingerprint density at radius 1 is 1.13 bits per heavy atom. The Hall–Kier alpha value is -2.32. The Morgan fingerprint density at radius 3 is 2.50 bits per heavy atom. The van der Waals surface area contributed by atoms with Crippen molar-refractivity contribution in [1.29, 1.82) is 0 Å². The van der Waals surface area contributed by atoms with Gasteiger partial charge in [0.25, 0.3) is 0 Å². The molecule has 1 aromatic carbocycles. The van der Waals surface area contributed by atoms with E-state index in [0.29, 0.717) is 11.3 Å². The molecule has 3 fully saturated rings. The van der Waals surface area contributed by atoms with Crippen molar-refractivity contribution in [3.63, 3.8) is 0 Å². The number of hydrogen-bond donors (Lipinski definition) is 3. The molecule has 5 atom stereocenters. The molecule has 1 saturated carbocycles. The molecule has 1 spiro atoms. The Balaban J connectivity index is 1.63. The maximum Gasteiger partial charge on any atom is 0.250 e. The van der Waals surface area contributed by atoms with E-state index in [9.17, 15) is 23.9 Å². The minimum absolute atomic E-state index is 0.179. The molecule has 2 saturated heterocycles. The van der Waals surface area contributed by atoms with Gasteiger partial charge in [-0.2, -0.15) is 0 Å². The van der Waals surface area contributed by atoms with E-state index in [1.807, 2.05) is 0 Å². The van der Waals surface area contributed by atoms with E-state index in [1.54, 1.807) is 6.92 Å². The van der Waals surface area contributed by atoms with Gasteiger partial charge in [-0.05, 0) is 38.0 Å². The second-order valence-corrected chi connectivity index (χ2v) is 9.06. The fourth-order valence-corrected chi connectivity index (χ4v) is 6.02. The van der Waals surface area contributed by atoms with E-state index in [2.05, 4.69) is 10.6 Å². The molecule has 0 radical (unpaired) electrons. The van der Waals surface area contributed by atoms with Crippen molar-refractivity contribution >= 4 is 23.4 Å². The van der Waals surface area contributed by atoms with Crippen molar-refractivity contribution in [3.8, 4) is 0 Å². The molecular formula is C22H26FN3O4. The van der Waals surface area contributed by atoms with Crippen LogP contribution in [0.4, 0.5) is 10.1 Å². The summed E-state index contributed by atoms with van der Waals surface area (Å²) < 4.78 is 14.1. The van der Waals surface area contributed by atoms with Gasteiger partial charge in [0.2, 0.25) is 17.7 Å². The minimum atomic E-state index is -1.56. The summed E-state index contributed by atoms with van der Waals surface area (Å²) >= 11 is 0. The van der Waals surface area contributed by atoms with E-state index in [1.165, 1.54) is 23.1 Å². The number of aliphatic hydroxyl groups excluding tert-OH is 1. The molecule has 1 aliphatic carbocycles. The number of hydrogen-bond acceptors (Lipinski definition) is 5. The average molecular weight is 415 g/mol. The van der Waals surface area contributed by atoms with E-state index < -0.39 is 41.2 Å². The van der Waals surface area contributed by atoms with E-state index in [0.717, 1.165) is 38.5 Å². The number of halogens is 1. The number of anilines is 1. The van der Waals surface area contributed by atoms with Crippen LogP contribution in [0.1, 0.15) is 51.0 Å². The Labute approximate surface area is 174 Å². The van der Waals surface area contributed by atoms with Crippen LogP contribution in [0.5, 0.6) is 0 Å². The average Bonchev–Trinajstić information content (AvgIpc) is 3.18. The van der Waals surface area contributed by atoms with Crippen molar-refractivity contribution in [2.75, 3.05) is 5.32 Å². The van der Waals surface area contributed by atoms with Crippen molar-refractivity contribution < 1.29 is 23.9 Å². The zero-order chi connectivity index (χ0) is 21.2. The molecule has 3 heterocycles. The first kappa shape index (κ1) is 19.6. The van der Waals surface area contributed by atoms with Gasteiger partial charge in [0.15, 0.2) is 0 Å². The predicted molar refractivity (Wildman–Crippen MR) is 106 cm³/mol. The van der Waals surface area contributed by atoms with Gasteiger partial charge in [-0.15, -0.1) is 0 Å². The number of likely N-dealkylation sites (tertiary alicyclic amines) is 1. The fourth-order valence-electron chi connectivity index (χ4n) is 6.02. The molecule has 8 heteroatoms. The zero-order valence-electron chi connectivity index (χ0n) is 16.9. The Bertz CT molecular complexity index is 927. The molecule has 3 aliphatic heterocycles. The molecule has 0 unspecified atom stereocenters. The molecule has 5 rings (SSSR count). The number of benzene rings is 1. The van der Waals surface area contributed by atoms with Crippen LogP contribution in [0.25, 0.3) is 0 Å². The summed E-state index contributed by atoms with van der Waals surface area (Å²) in [6.45, 7) is 1.54. The van der Waals surface area contributed by atoms with E-state index in [-0.39, 0.29) is 17.9 Å². The normalized spacial score (nSPS) is 34.8. The van der Waals surface area contributed by atoms with Gasteiger partial charge >= 0.3 is 0 Å². The van der Waals surface area contributed by atoms with Crippen molar-refractivity contribution in [2.45, 2.75) is 69.2 Å². The molecular weight excluding hydrogens is 389 g/mol. The van der Waals surface area contributed by atoms with Crippen molar-refractivity contribution in [2.24, 2.45) is 11.8 Å². The molecule has 30 heavy (non-hydrogen) atoms. The number of imide groups is 1. The smallest absolute Gasteiger partial charge is 0.250 e. The minimum Gasteiger partial charge on any atom is -0.392 e. The lowest BCUT2D eigenvalue weighted by Gasteiger charge is -2.32. The van der Waals surface area contributed by atoms with Crippen LogP contribution >= 0.6 is 0 Å². The highest BCUT2D eigenvalue weighted by atomic mass is 19.1. The summed E-state index contributed by atoms with van der Waals surface area (Å²) in [5.41, 5.74) is -0.808. The van der Waals surface area contributed by atoms with Gasteiger partial charge < -0.3 is 10.4 Å². The first-order valence-corrected chi connectivity index (χ1v) is 10.8. The molecule has 1 aromatic rings. The third kappa shape index (κ3) is 2.53. The molecule has 4 aliphatic rings. The van der Waals surface area contributed by atoms with E-state index in [4.69, 9.17) is 0 Å². The number of nitrogens with one attached hydrogen (secondary N) is 2. The van der Waals surface area contributed by atoms with Crippen LogP contribution in [-0.2, 0) is 19.9 Å². The van der Waals surface area contributed by atoms with Gasteiger partial charge in [0, 0.05) is 23.3 Å². The number of nitrogens with zero attached hydrogens (tertiary/aromatic N) is 1. The van der Waals surface area contributed by atoms with Crippen LogP contribution in [0.15, 0.2) is 18.2 Å². The topological polar surface area (TPSA) is 98.7 Å². The molecule has 3 amide bonds. The Kier molecular flexibility index (Phi) is 4.48. The highest BCUT2D eigenvalue weighted by Crippen LogP contribution is 2.54. The third-order valence-electron chi connectivity index (χ3n) is 7.36. The standard InChI is InChI=1S/C22H26FN3O4/c1-11(27)18-16-17(20(29)26(19(16)28)13-6-4-2-3-5-7-13)22(25-18)14-10-12(23)8-9-15(14)24-21(22)30/h8-11,13,16-18,25,27H,2-7H2,1H3,(H,24,30)/t11-,16-,17-,18+,22-/m0/s1. The zero-order valence-corrected chi connectivity index (χ0v) is 16.9. The molecule has 3 N–H and O–H groups in total. The lowest BCUT2D eigenvalue weighted by Crippen LogP contribution is -2.55. The quantitative estimate of drug-likeness (QED) is 0.504. The Morgan fingerprint density at radius 2 is 1.83 bits per heavy atom. The van der Waals surface area contributed by atoms with Crippen molar-refractivity contribution in [1.82, 2.24) is 10.2 Å². The SMILES string of the molecule is C[C@H](O)[C@H]1N[C@]2(C(=O)Nc3ccc(F)cc32)[C@@H]2C(=O)N(C3CCCCCC3)C(=O)[C@H]12. The lowest BCUT2D eigenvalue weighted by molar-refractivity contribution is -0.146. The number of aliphatic hydroxyl groups is 1. The number of carbonyl (C=O) groups is 3. The molecule has 0 bridgehead atoms. The summed E-state index contributed by atoms with van der Waals surface area (Å²) in [5.74, 6) is -3.59. The summed E-state index contributed by atoms with van der Waals surface area (Å²) in [6.07, 6.45) is 4.62. The van der Waals surface area contributed by atoms with Crippen LogP contribution < -0.4 is 10.6 Å². The van der Waals surface area contributed by atoms with Crippen LogP contribution in [0.2, 0.25) is 0 Å². The largest absolute Gasteiger partial charge is 0.392 e. The maximum atomic E-state index is 14.1. The van der Waals surface area contributed by atoms with E-state index >= 15 is 0 Å². The predicted octanol–water partition coefficient (Wildman–Crippen LogP) is 1.65. The third-order valence-corrected chi connectivity index (χ3v) is 7.36. The van der Waals surface area contributed by atoms with Gasteiger partial charge in [0.05, 0.1) is 17.9 Å². The number of carbonyl (C=O) groups excluding carboxylic acids is 3. The monoisotopic (exact) mass is 415 g/mol. The van der Waals surface area contributed by atoms with Crippen LogP contribution in [-0.4, -0.2) is 45.9 Å². The first-order chi connectivity index (χ1) is 14.4. The molecule has 0 aromatic heterocycles. The van der Waals surface area contributed by atoms with Crippen LogP contribution in [0.3, 0.4) is 0 Å². The van der Waals surface area contributed by atoms with Gasteiger partial charge in [-0.25, -0.2) is 4.39 Å². The molecule has 160 valence electrons. The fraction of sp³-hybridized carbons (Fsp3) is 0.591. The maximum absolute atomic E-state index is 14.1. The van der Waals surface area contributed by atoms with Crippen molar-refractivity contribution in [3.05, 3.63) is 29.6 Å². The summed E-state index contributed by atoms with van der Waals surface area (Å²) in [7, 11) is 0. The number of fused-ring (bicyclic) bond motifs is 4. The first-order valence-electron chi connectivity index (χ1n) is 10.8. The number of rotatable bonds is 2. The highest BCUT2D eigenvalue weighted by molar-refractivity contribution is 6.15. The van der Waals surface area contributed by atoms with Crippen LogP contribution in [0, 0.1) is 17.7 Å². The van der Waals surface area contributed by atoms with Gasteiger partial charge in [-0.1, -0.05) is 25.7 Å². The lowest BCUT2D eigenvalue weighted by atomic mass is 9.76. The molecule has 7 nitrogen and oxygen atoms in total.